The molecule has 1 atom stereocenters. The third-order valence-corrected chi connectivity index (χ3v) is 5.10. The second kappa shape index (κ2) is 6.56. The van der Waals surface area contributed by atoms with E-state index in [9.17, 15) is 8.42 Å². The molecule has 0 aromatic heterocycles. The third-order valence-electron chi connectivity index (χ3n) is 3.48. The summed E-state index contributed by atoms with van der Waals surface area (Å²) in [6.45, 7) is 7.37. The van der Waals surface area contributed by atoms with Crippen molar-refractivity contribution in [1.29, 1.82) is 0 Å². The van der Waals surface area contributed by atoms with Crippen molar-refractivity contribution in [2.45, 2.75) is 45.1 Å². The van der Waals surface area contributed by atoms with E-state index in [2.05, 4.69) is 4.72 Å². The Morgan fingerprint density at radius 3 is 2.40 bits per heavy atom. The summed E-state index contributed by atoms with van der Waals surface area (Å²) < 4.78 is 27.7. The van der Waals surface area contributed by atoms with Gasteiger partial charge < -0.3 is 10.8 Å². The number of sulfonamides is 1. The van der Waals surface area contributed by atoms with E-state index in [4.69, 9.17) is 10.8 Å². The van der Waals surface area contributed by atoms with Crippen molar-refractivity contribution in [2.75, 3.05) is 12.3 Å². The van der Waals surface area contributed by atoms with Crippen LogP contribution < -0.4 is 10.5 Å². The minimum atomic E-state index is -3.64. The molecule has 4 N–H and O–H groups in total. The van der Waals surface area contributed by atoms with Crippen molar-refractivity contribution >= 4 is 15.7 Å². The van der Waals surface area contributed by atoms with Crippen molar-refractivity contribution in [3.8, 4) is 0 Å². The lowest BCUT2D eigenvalue weighted by Crippen LogP contribution is -2.39. The smallest absolute Gasteiger partial charge is 0.241 e. The number of aryl methyl sites for hydroxylation is 1. The van der Waals surface area contributed by atoms with E-state index in [1.807, 2.05) is 20.8 Å². The van der Waals surface area contributed by atoms with Crippen LogP contribution in [0.5, 0.6) is 0 Å². The average molecular weight is 300 g/mol. The molecule has 0 saturated heterocycles. The number of nitrogens with two attached hydrogens (primary N) is 1. The molecule has 1 rings (SSSR count). The molecular weight excluding hydrogens is 276 g/mol. The van der Waals surface area contributed by atoms with Crippen molar-refractivity contribution in [2.24, 2.45) is 5.92 Å². The molecule has 0 aliphatic heterocycles. The number of nitrogens with one attached hydrogen (secondary N) is 1. The van der Waals surface area contributed by atoms with E-state index in [1.165, 1.54) is 6.07 Å². The summed E-state index contributed by atoms with van der Waals surface area (Å²) in [6.07, 6.45) is 0.386. The highest BCUT2D eigenvalue weighted by Crippen LogP contribution is 2.23. The first-order valence-electron chi connectivity index (χ1n) is 6.69. The van der Waals surface area contributed by atoms with Gasteiger partial charge in [-0.2, -0.15) is 0 Å². The number of nitrogen functional groups attached to an aromatic ring is 1. The number of aliphatic hydroxyl groups excluding tert-OH is 1. The van der Waals surface area contributed by atoms with Gasteiger partial charge in [-0.15, -0.1) is 0 Å². The van der Waals surface area contributed by atoms with Gasteiger partial charge in [0, 0.05) is 18.3 Å². The maximum absolute atomic E-state index is 12.5. The Balaban J connectivity index is 3.17. The zero-order valence-corrected chi connectivity index (χ0v) is 13.3. The molecule has 20 heavy (non-hydrogen) atoms. The molecule has 5 nitrogen and oxygen atoms in total. The maximum Gasteiger partial charge on any atom is 0.241 e. The summed E-state index contributed by atoms with van der Waals surface area (Å²) in [5.74, 6) is 0.0967. The molecule has 0 fully saturated rings. The van der Waals surface area contributed by atoms with Gasteiger partial charge in [0.05, 0.1) is 4.90 Å². The van der Waals surface area contributed by atoms with Gasteiger partial charge in [-0.05, 0) is 49.4 Å². The Bertz CT molecular complexity index is 568. The summed E-state index contributed by atoms with van der Waals surface area (Å²) in [6, 6.07) is 2.93. The number of hydrogen-bond donors (Lipinski definition) is 3. The van der Waals surface area contributed by atoms with Crippen LogP contribution in [0.4, 0.5) is 5.69 Å². The molecule has 0 heterocycles. The number of benzene rings is 1. The first-order chi connectivity index (χ1) is 9.19. The average Bonchev–Trinajstić information content (AvgIpc) is 2.32. The molecule has 0 radical (unpaired) electrons. The van der Waals surface area contributed by atoms with Crippen molar-refractivity contribution in [3.05, 3.63) is 23.3 Å². The van der Waals surface area contributed by atoms with E-state index in [1.54, 1.807) is 13.0 Å². The van der Waals surface area contributed by atoms with E-state index >= 15 is 0 Å². The van der Waals surface area contributed by atoms with E-state index in [0.29, 0.717) is 17.7 Å². The van der Waals surface area contributed by atoms with E-state index in [0.717, 1.165) is 5.56 Å². The van der Waals surface area contributed by atoms with Crippen molar-refractivity contribution in [1.82, 2.24) is 4.72 Å². The van der Waals surface area contributed by atoms with Crippen LogP contribution in [0.15, 0.2) is 17.0 Å². The normalized spacial score (nSPS) is 13.7. The zero-order chi connectivity index (χ0) is 15.5. The Morgan fingerprint density at radius 2 is 1.90 bits per heavy atom. The van der Waals surface area contributed by atoms with Gasteiger partial charge in [-0.1, -0.05) is 13.8 Å². The largest absolute Gasteiger partial charge is 0.399 e. The summed E-state index contributed by atoms with van der Waals surface area (Å²) in [5, 5.41) is 9.04. The summed E-state index contributed by atoms with van der Waals surface area (Å²) >= 11 is 0. The monoisotopic (exact) mass is 300 g/mol. The minimum Gasteiger partial charge on any atom is -0.399 e. The summed E-state index contributed by atoms with van der Waals surface area (Å²) in [5.41, 5.74) is 7.70. The van der Waals surface area contributed by atoms with E-state index < -0.39 is 10.0 Å². The minimum absolute atomic E-state index is 0.0553. The van der Waals surface area contributed by atoms with Crippen LogP contribution in [0.3, 0.4) is 0 Å². The zero-order valence-electron chi connectivity index (χ0n) is 12.5. The second-order valence-corrected chi connectivity index (χ2v) is 7.13. The fraction of sp³-hybridized carbons (Fsp3) is 0.571. The first-order valence-corrected chi connectivity index (χ1v) is 8.17. The van der Waals surface area contributed by atoms with Gasteiger partial charge in [0.1, 0.15) is 0 Å². The van der Waals surface area contributed by atoms with Gasteiger partial charge in [0.2, 0.25) is 10.0 Å². The lowest BCUT2D eigenvalue weighted by Gasteiger charge is -2.22. The predicted molar refractivity (Wildman–Crippen MR) is 81.0 cm³/mol. The third kappa shape index (κ3) is 3.94. The quantitative estimate of drug-likeness (QED) is 0.695. The molecule has 1 aromatic carbocycles. The lowest BCUT2D eigenvalue weighted by atomic mass is 10.0. The SMILES string of the molecule is Cc1cc(N)cc(S(=O)(=O)NC(CCO)C(C)C)c1C. The number of rotatable bonds is 6. The van der Waals surface area contributed by atoms with Crippen LogP contribution in [-0.2, 0) is 10.0 Å². The fourth-order valence-corrected chi connectivity index (χ4v) is 3.83. The number of hydrogen-bond acceptors (Lipinski definition) is 4. The highest BCUT2D eigenvalue weighted by Gasteiger charge is 2.24. The molecule has 0 aliphatic carbocycles. The van der Waals surface area contributed by atoms with Crippen LogP contribution in [0.1, 0.15) is 31.4 Å². The van der Waals surface area contributed by atoms with Gasteiger partial charge in [0.15, 0.2) is 0 Å². The van der Waals surface area contributed by atoms with Crippen LogP contribution in [0.2, 0.25) is 0 Å². The number of aliphatic hydroxyl groups is 1. The van der Waals surface area contributed by atoms with E-state index in [-0.39, 0.29) is 23.5 Å². The van der Waals surface area contributed by atoms with Gasteiger partial charge in [-0.25, -0.2) is 13.1 Å². The molecule has 1 unspecified atom stereocenters. The molecule has 6 heteroatoms. The molecular formula is C14H24N2O3S. The molecule has 114 valence electrons. The molecule has 0 bridgehead atoms. The van der Waals surface area contributed by atoms with Gasteiger partial charge >= 0.3 is 0 Å². The van der Waals surface area contributed by atoms with Crippen LogP contribution in [-0.4, -0.2) is 26.2 Å². The number of anilines is 1. The Hall–Kier alpha value is -1.11. The molecule has 0 amide bonds. The Labute approximate surface area is 121 Å². The van der Waals surface area contributed by atoms with Crippen molar-refractivity contribution in [3.63, 3.8) is 0 Å². The van der Waals surface area contributed by atoms with Gasteiger partial charge in [-0.3, -0.25) is 0 Å². The summed E-state index contributed by atoms with van der Waals surface area (Å²) in [4.78, 5) is 0.207. The van der Waals surface area contributed by atoms with Crippen molar-refractivity contribution < 1.29 is 13.5 Å². The highest BCUT2D eigenvalue weighted by molar-refractivity contribution is 7.89. The molecule has 0 spiro atoms. The maximum atomic E-state index is 12.5. The van der Waals surface area contributed by atoms with Crippen LogP contribution >= 0.6 is 0 Å². The molecule has 1 aromatic rings. The Morgan fingerprint density at radius 1 is 1.30 bits per heavy atom. The predicted octanol–water partition coefficient (Wildman–Crippen LogP) is 1.57. The molecule has 0 saturated carbocycles. The standard InChI is InChI=1S/C14H24N2O3S/c1-9(2)13(5-6-17)16-20(18,19)14-8-12(15)7-10(3)11(14)4/h7-9,13,16-17H,5-6,15H2,1-4H3. The van der Waals surface area contributed by atoms with Crippen LogP contribution in [0.25, 0.3) is 0 Å². The molecule has 0 aliphatic rings. The second-order valence-electron chi connectivity index (χ2n) is 5.45. The summed E-state index contributed by atoms with van der Waals surface area (Å²) in [7, 11) is -3.64. The highest BCUT2D eigenvalue weighted by atomic mass is 32.2. The fourth-order valence-electron chi connectivity index (χ4n) is 2.06. The first kappa shape index (κ1) is 16.9. The van der Waals surface area contributed by atoms with Crippen LogP contribution in [0, 0.1) is 19.8 Å². The Kier molecular flexibility index (Phi) is 5.56. The topological polar surface area (TPSA) is 92.4 Å². The lowest BCUT2D eigenvalue weighted by molar-refractivity contribution is 0.256. The van der Waals surface area contributed by atoms with Gasteiger partial charge in [0.25, 0.3) is 0 Å².